The van der Waals surface area contributed by atoms with E-state index in [2.05, 4.69) is 0 Å². The zero-order chi connectivity index (χ0) is 16.2. The van der Waals surface area contributed by atoms with Crippen LogP contribution in [0.3, 0.4) is 0 Å². The topological polar surface area (TPSA) is 264 Å². The second kappa shape index (κ2) is 269. The van der Waals surface area contributed by atoms with Crippen LogP contribution in [0.15, 0.2) is 0 Å². The molecule has 0 unspecified atom stereocenters. The molecular formula is C6H6KN6O6Re. The van der Waals surface area contributed by atoms with Gasteiger partial charge in [0.05, 0.1) is 0 Å². The predicted molar refractivity (Wildman–Crippen MR) is 51.0 cm³/mol. The molecule has 0 saturated heterocycles. The van der Waals surface area contributed by atoms with E-state index >= 15 is 0 Å². The third kappa shape index (κ3) is 943. The Kier molecular flexibility index (Phi) is 698. The average molecular weight is 483 g/mol. The summed E-state index contributed by atoms with van der Waals surface area (Å²) in [6, 6.07) is 0. The molecule has 0 saturated carbocycles. The van der Waals surface area contributed by atoms with E-state index in [9.17, 15) is 0 Å². The minimum Gasteiger partial charge on any atom is -0.443 e. The van der Waals surface area contributed by atoms with E-state index in [0.29, 0.717) is 0 Å². The molecule has 0 aliphatic heterocycles. The van der Waals surface area contributed by atoms with Crippen LogP contribution in [0.25, 0.3) is 0 Å². The van der Waals surface area contributed by atoms with Gasteiger partial charge in [-0.05, 0) is 0 Å². The van der Waals surface area contributed by atoms with Crippen LogP contribution < -0.4 is 0 Å². The summed E-state index contributed by atoms with van der Waals surface area (Å²) in [7, 11) is 0. The number of nitriles is 6. The van der Waals surface area contributed by atoms with E-state index in [1.807, 2.05) is 0 Å². The first-order valence-corrected chi connectivity index (χ1v) is 2.68. The van der Waals surface area contributed by atoms with E-state index in [1.165, 1.54) is 0 Å². The van der Waals surface area contributed by atoms with Crippen LogP contribution in [0.4, 0.5) is 0 Å². The van der Waals surface area contributed by atoms with Gasteiger partial charge in [0.2, 0.25) is 0 Å². The van der Waals surface area contributed by atoms with Crippen LogP contribution in [0.1, 0.15) is 0 Å². The third-order valence-corrected chi connectivity index (χ3v) is 0. The van der Waals surface area contributed by atoms with Crippen molar-refractivity contribution >= 4 is 51.4 Å². The second-order valence-electron chi connectivity index (χ2n) is 0.600. The fraction of sp³-hybridized carbons (Fsp3) is 0. The van der Waals surface area contributed by atoms with E-state index in [0.717, 1.165) is 37.5 Å². The van der Waals surface area contributed by atoms with Crippen molar-refractivity contribution in [1.82, 2.24) is 0 Å². The average Bonchev–Trinajstić information content (AvgIpc) is 2.23. The zero-order valence-electron chi connectivity index (χ0n) is 9.74. The molecule has 0 aromatic heterocycles. The Morgan fingerprint density at radius 3 is 0.400 bits per heavy atom. The van der Waals surface area contributed by atoms with Crippen molar-refractivity contribution < 1.29 is 51.1 Å². The van der Waals surface area contributed by atoms with Crippen LogP contribution in [-0.4, -0.2) is 82.0 Å². The van der Waals surface area contributed by atoms with Crippen LogP contribution in [-0.2, 0) is 20.4 Å². The van der Waals surface area contributed by atoms with Crippen molar-refractivity contribution in [3.05, 3.63) is 0 Å². The molecule has 0 spiro atoms. The molecule has 0 rings (SSSR count). The molecule has 2 radical (unpaired) electrons. The Labute approximate surface area is 169 Å². The van der Waals surface area contributed by atoms with Crippen molar-refractivity contribution in [3.8, 4) is 37.5 Å². The first kappa shape index (κ1) is 52.0. The fourth-order valence-electron chi connectivity index (χ4n) is 0. The first-order valence-electron chi connectivity index (χ1n) is 2.68. The molecule has 0 aliphatic rings. The van der Waals surface area contributed by atoms with Crippen molar-refractivity contribution in [2.75, 3.05) is 0 Å². The smallest absolute Gasteiger partial charge is 0.283 e. The van der Waals surface area contributed by atoms with Crippen molar-refractivity contribution in [3.63, 3.8) is 0 Å². The normalized spacial score (nSPS) is 2.10. The van der Waals surface area contributed by atoms with Crippen molar-refractivity contribution in [2.45, 2.75) is 0 Å². The molecule has 0 atom stereocenters. The van der Waals surface area contributed by atoms with Crippen LogP contribution in [0.2, 0.25) is 0 Å². The fourth-order valence-corrected chi connectivity index (χ4v) is 0. The van der Waals surface area contributed by atoms with Gasteiger partial charge in [0.15, 0.2) is 0 Å². The van der Waals surface area contributed by atoms with E-state index in [4.69, 9.17) is 62.2 Å². The van der Waals surface area contributed by atoms with Gasteiger partial charge in [-0.2, -0.15) is 31.6 Å². The summed E-state index contributed by atoms with van der Waals surface area (Å²) >= 11 is 0. The minimum absolute atomic E-state index is 0. The van der Waals surface area contributed by atoms with Gasteiger partial charge in [0, 0.05) is 71.8 Å². The quantitative estimate of drug-likeness (QED) is 0.172. The third-order valence-electron chi connectivity index (χ3n) is 0. The van der Waals surface area contributed by atoms with Gasteiger partial charge < -0.3 is 30.6 Å². The van der Waals surface area contributed by atoms with Crippen LogP contribution in [0.5, 0.6) is 0 Å². The number of hydrogen-bond donors (Lipinski definition) is 6. The minimum atomic E-state index is 0. The Morgan fingerprint density at radius 2 is 0.400 bits per heavy atom. The molecule has 12 nitrogen and oxygen atoms in total. The molecule has 6 N–H and O–H groups in total. The van der Waals surface area contributed by atoms with Gasteiger partial charge in [-0.3, -0.25) is 0 Å². The predicted octanol–water partition coefficient (Wildman–Crippen LogP) is -1.34. The maximum atomic E-state index is 6.88. The summed E-state index contributed by atoms with van der Waals surface area (Å²) in [4.78, 5) is 0. The maximum Gasteiger partial charge on any atom is 0.283 e. The molecule has 104 valence electrons. The summed E-state index contributed by atoms with van der Waals surface area (Å²) < 4.78 is 0. The van der Waals surface area contributed by atoms with E-state index in [-0.39, 0.29) is 71.8 Å². The molecule has 14 heteroatoms. The molecule has 0 bridgehead atoms. The molecule has 0 aliphatic carbocycles. The molecular weight excluding hydrogens is 477 g/mol. The Morgan fingerprint density at radius 1 is 0.400 bits per heavy atom. The van der Waals surface area contributed by atoms with Crippen LogP contribution >= 0.6 is 0 Å². The number of aliphatic hydroxyl groups is 6. The van der Waals surface area contributed by atoms with E-state index in [1.54, 1.807) is 0 Å². The van der Waals surface area contributed by atoms with Crippen molar-refractivity contribution in [1.29, 1.82) is 31.6 Å². The summed E-state index contributed by atoms with van der Waals surface area (Å²) in [6.07, 6.45) is 4.50. The van der Waals surface area contributed by atoms with Gasteiger partial charge in [-0.25, -0.2) is 0 Å². The Hall–Kier alpha value is -1.96. The van der Waals surface area contributed by atoms with Gasteiger partial charge in [-0.1, -0.05) is 0 Å². The first-order chi connectivity index (χ1) is 8.49. The number of aliphatic hydroxyl groups excluding tert-OH is 6. The molecule has 20 heavy (non-hydrogen) atoms. The summed E-state index contributed by atoms with van der Waals surface area (Å²) in [5.41, 5.74) is 0. The van der Waals surface area contributed by atoms with Gasteiger partial charge >= 0.3 is 0 Å². The largest absolute Gasteiger partial charge is 0.443 e. The number of rotatable bonds is 0. The van der Waals surface area contributed by atoms with Gasteiger partial charge in [-0.15, -0.1) is 0 Å². The maximum absolute atomic E-state index is 6.88. The molecule has 0 heterocycles. The van der Waals surface area contributed by atoms with E-state index < -0.39 is 0 Å². The van der Waals surface area contributed by atoms with Gasteiger partial charge in [0.1, 0.15) is 0 Å². The monoisotopic (exact) mass is 484 g/mol. The molecule has 0 fully saturated rings. The Bertz CT molecular complexity index is 262. The summed E-state index contributed by atoms with van der Waals surface area (Å²) in [5.74, 6) is 0. The van der Waals surface area contributed by atoms with Crippen molar-refractivity contribution in [2.24, 2.45) is 0 Å². The zero-order valence-corrected chi connectivity index (χ0v) is 15.6. The number of hydrogen-bond acceptors (Lipinski definition) is 12. The number of nitrogens with zero attached hydrogens (tertiary/aromatic N) is 6. The molecule has 0 amide bonds. The molecule has 0 aromatic carbocycles. The SMILES string of the molecule is N#CO.N#CO.N#CO.N#CO.N#CO.N#CO.[K].[Re]. The summed E-state index contributed by atoms with van der Waals surface area (Å²) in [6.45, 7) is 0. The Balaban J connectivity index is -0.0000000141. The summed E-state index contributed by atoms with van der Waals surface area (Å²) in [5, 5.41) is 82.5. The molecule has 0 aromatic rings. The van der Waals surface area contributed by atoms with Crippen LogP contribution in [0, 0.1) is 69.1 Å². The van der Waals surface area contributed by atoms with Gasteiger partial charge in [0.25, 0.3) is 37.5 Å². The second-order valence-corrected chi connectivity index (χ2v) is 0.600. The standard InChI is InChI=1S/6CHNO.K.Re/c6*2-1-3;;/h6*3H;;.